The second-order valence-corrected chi connectivity index (χ2v) is 11.5. The van der Waals surface area contributed by atoms with Crippen LogP contribution in [-0.4, -0.2) is 15.7 Å². The van der Waals surface area contributed by atoms with E-state index in [1.807, 2.05) is 6.07 Å². The number of hydrogen-bond donors (Lipinski definition) is 3. The summed E-state index contributed by atoms with van der Waals surface area (Å²) in [7, 11) is -4.22. The Balaban J connectivity index is 1.45. The molecule has 0 heterocycles. The summed E-state index contributed by atoms with van der Waals surface area (Å²) < 4.78 is 11.5. The van der Waals surface area contributed by atoms with E-state index >= 15 is 0 Å². The van der Waals surface area contributed by atoms with Gasteiger partial charge >= 0.3 is 7.60 Å². The summed E-state index contributed by atoms with van der Waals surface area (Å²) in [5, 5.41) is 3.08. The van der Waals surface area contributed by atoms with Gasteiger partial charge < -0.3 is 15.1 Å². The van der Waals surface area contributed by atoms with Crippen LogP contribution in [0.15, 0.2) is 54.6 Å². The lowest BCUT2D eigenvalue weighted by Crippen LogP contribution is -2.58. The van der Waals surface area contributed by atoms with Gasteiger partial charge in [-0.15, -0.1) is 0 Å². The van der Waals surface area contributed by atoms with E-state index in [0.29, 0.717) is 23.1 Å². The first-order valence-corrected chi connectivity index (χ1v) is 12.6. The highest BCUT2D eigenvalue weighted by Crippen LogP contribution is 2.66. The van der Waals surface area contributed by atoms with Gasteiger partial charge in [-0.25, -0.2) is 0 Å². The SMILES string of the molecule is O=C(Nc1ccccc1CP(=O)(O)O)C12CC3CC(C1)CC(c1ccccc1)(C3)C2. The number of amides is 1. The van der Waals surface area contributed by atoms with Crippen LogP contribution in [0.5, 0.6) is 0 Å². The zero-order valence-corrected chi connectivity index (χ0v) is 17.9. The number of nitrogens with one attached hydrogen (secondary N) is 1. The van der Waals surface area contributed by atoms with Crippen molar-refractivity contribution in [3.05, 3.63) is 65.7 Å². The van der Waals surface area contributed by atoms with E-state index in [4.69, 9.17) is 0 Å². The Morgan fingerprint density at radius 1 is 0.967 bits per heavy atom. The van der Waals surface area contributed by atoms with Gasteiger partial charge in [-0.1, -0.05) is 48.5 Å². The van der Waals surface area contributed by atoms with Gasteiger partial charge in [-0.3, -0.25) is 9.36 Å². The standard InChI is InChI=1S/C24H28NO4P/c26-22(25-21-9-5-4-6-19(21)15-30(27,28)29)24-13-17-10-18(14-24)12-23(11-17,16-24)20-7-2-1-3-8-20/h1-9,17-18H,10-16H2,(H,25,26)(H2,27,28,29). The molecule has 0 radical (unpaired) electrons. The minimum atomic E-state index is -4.22. The highest BCUT2D eigenvalue weighted by molar-refractivity contribution is 7.50. The number of carbonyl (C=O) groups excluding carboxylic acids is 1. The summed E-state index contributed by atoms with van der Waals surface area (Å²) >= 11 is 0. The highest BCUT2D eigenvalue weighted by atomic mass is 31.2. The Hall–Kier alpha value is -1.94. The molecule has 158 valence electrons. The number of rotatable bonds is 5. The number of benzene rings is 2. The Bertz CT molecular complexity index is 1000. The first-order valence-electron chi connectivity index (χ1n) is 10.8. The van der Waals surface area contributed by atoms with Crippen LogP contribution >= 0.6 is 7.60 Å². The number of para-hydroxylation sites is 1. The molecule has 4 fully saturated rings. The first kappa shape index (κ1) is 20.0. The molecule has 0 aliphatic heterocycles. The van der Waals surface area contributed by atoms with Gasteiger partial charge in [-0.05, 0) is 73.0 Å². The minimum absolute atomic E-state index is 0.0232. The molecule has 4 aliphatic rings. The van der Waals surface area contributed by atoms with Crippen LogP contribution in [0.4, 0.5) is 5.69 Å². The molecule has 5 nitrogen and oxygen atoms in total. The van der Waals surface area contributed by atoms with E-state index in [-0.39, 0.29) is 17.5 Å². The minimum Gasteiger partial charge on any atom is -0.325 e. The number of carbonyl (C=O) groups is 1. The second-order valence-electron chi connectivity index (χ2n) is 9.82. The summed E-state index contributed by atoms with van der Waals surface area (Å²) in [5.74, 6) is 1.17. The summed E-state index contributed by atoms with van der Waals surface area (Å²) in [6, 6.07) is 17.6. The lowest BCUT2D eigenvalue weighted by atomic mass is 9.42. The van der Waals surface area contributed by atoms with Crippen molar-refractivity contribution in [2.24, 2.45) is 17.3 Å². The summed E-state index contributed by atoms with van der Waals surface area (Å²) in [4.78, 5) is 32.5. The van der Waals surface area contributed by atoms with Gasteiger partial charge in [0.05, 0.1) is 11.6 Å². The second kappa shape index (κ2) is 7.05. The van der Waals surface area contributed by atoms with Gasteiger partial charge in [0.15, 0.2) is 0 Å². The van der Waals surface area contributed by atoms with Crippen LogP contribution in [0.25, 0.3) is 0 Å². The van der Waals surface area contributed by atoms with Crippen molar-refractivity contribution in [1.29, 1.82) is 0 Å². The lowest BCUT2D eigenvalue weighted by molar-refractivity contribution is -0.143. The molecular formula is C24H28NO4P. The molecule has 0 spiro atoms. The van der Waals surface area contributed by atoms with Crippen molar-refractivity contribution < 1.29 is 19.1 Å². The zero-order valence-electron chi connectivity index (χ0n) is 17.0. The fourth-order valence-electron chi connectivity index (χ4n) is 6.91. The van der Waals surface area contributed by atoms with E-state index < -0.39 is 13.0 Å². The molecule has 1 amide bonds. The maximum Gasteiger partial charge on any atom is 0.329 e. The average Bonchev–Trinajstić information content (AvgIpc) is 2.68. The summed E-state index contributed by atoms with van der Waals surface area (Å²) in [5.41, 5.74) is 2.05. The maximum absolute atomic E-state index is 13.7. The Morgan fingerprint density at radius 3 is 2.27 bits per heavy atom. The Kier molecular flexibility index (Phi) is 4.70. The largest absolute Gasteiger partial charge is 0.329 e. The molecule has 30 heavy (non-hydrogen) atoms. The van der Waals surface area contributed by atoms with Gasteiger partial charge in [0.2, 0.25) is 5.91 Å². The van der Waals surface area contributed by atoms with Crippen molar-refractivity contribution in [2.45, 2.75) is 50.1 Å². The molecule has 6 rings (SSSR count). The quantitative estimate of drug-likeness (QED) is 0.598. The first-order chi connectivity index (χ1) is 14.3. The molecule has 4 bridgehead atoms. The molecule has 0 saturated heterocycles. The van der Waals surface area contributed by atoms with Crippen LogP contribution in [-0.2, 0) is 20.9 Å². The van der Waals surface area contributed by atoms with Crippen molar-refractivity contribution in [3.8, 4) is 0 Å². The monoisotopic (exact) mass is 425 g/mol. The van der Waals surface area contributed by atoms with Crippen LogP contribution in [0.2, 0.25) is 0 Å². The van der Waals surface area contributed by atoms with Crippen molar-refractivity contribution in [3.63, 3.8) is 0 Å². The molecule has 6 heteroatoms. The predicted octanol–water partition coefficient (Wildman–Crippen LogP) is 4.84. The van der Waals surface area contributed by atoms with E-state index in [1.165, 1.54) is 12.0 Å². The van der Waals surface area contributed by atoms with E-state index in [0.717, 1.165) is 32.1 Å². The predicted molar refractivity (Wildman–Crippen MR) is 116 cm³/mol. The van der Waals surface area contributed by atoms with Crippen molar-refractivity contribution in [1.82, 2.24) is 0 Å². The van der Waals surface area contributed by atoms with Crippen LogP contribution in [0.1, 0.15) is 49.7 Å². The van der Waals surface area contributed by atoms with Crippen molar-refractivity contribution >= 4 is 19.2 Å². The third-order valence-corrected chi connectivity index (χ3v) is 8.32. The smallest absolute Gasteiger partial charge is 0.325 e. The fraction of sp³-hybridized carbons (Fsp3) is 0.458. The molecule has 0 aromatic heterocycles. The summed E-state index contributed by atoms with van der Waals surface area (Å²) in [6.45, 7) is 0. The topological polar surface area (TPSA) is 86.6 Å². The van der Waals surface area contributed by atoms with E-state index in [9.17, 15) is 19.1 Å². The molecule has 4 saturated carbocycles. The third kappa shape index (κ3) is 3.53. The molecule has 2 aromatic rings. The maximum atomic E-state index is 13.7. The number of hydrogen-bond acceptors (Lipinski definition) is 2. The molecule has 2 aromatic carbocycles. The van der Waals surface area contributed by atoms with E-state index in [2.05, 4.69) is 29.6 Å². The molecule has 4 aliphatic carbocycles. The van der Waals surface area contributed by atoms with Crippen LogP contribution < -0.4 is 5.32 Å². The van der Waals surface area contributed by atoms with Gasteiger partial charge in [0.1, 0.15) is 0 Å². The Morgan fingerprint density at radius 2 is 1.60 bits per heavy atom. The van der Waals surface area contributed by atoms with Crippen LogP contribution in [0.3, 0.4) is 0 Å². The number of anilines is 1. The highest BCUT2D eigenvalue weighted by Gasteiger charge is 2.60. The molecule has 2 atom stereocenters. The van der Waals surface area contributed by atoms with Gasteiger partial charge in [-0.2, -0.15) is 0 Å². The third-order valence-electron chi connectivity index (χ3n) is 7.57. The Labute approximate surface area is 177 Å². The average molecular weight is 425 g/mol. The zero-order chi connectivity index (χ0) is 21.0. The van der Waals surface area contributed by atoms with Crippen LogP contribution in [0, 0.1) is 17.3 Å². The fourth-order valence-corrected chi connectivity index (χ4v) is 7.63. The molecule has 2 unspecified atom stereocenters. The summed E-state index contributed by atoms with van der Waals surface area (Å²) in [6.07, 6.45) is 5.89. The van der Waals surface area contributed by atoms with Gasteiger partial charge in [0, 0.05) is 5.69 Å². The lowest BCUT2D eigenvalue weighted by Gasteiger charge is -2.61. The molecule has 3 N–H and O–H groups in total. The van der Waals surface area contributed by atoms with E-state index in [1.54, 1.807) is 24.3 Å². The molecular weight excluding hydrogens is 397 g/mol. The normalized spacial score (nSPS) is 32.2. The van der Waals surface area contributed by atoms with Gasteiger partial charge in [0.25, 0.3) is 0 Å². The van der Waals surface area contributed by atoms with Crippen molar-refractivity contribution in [2.75, 3.05) is 5.32 Å².